The number of hydrogen-bond acceptors (Lipinski definition) is 3. The lowest BCUT2D eigenvalue weighted by molar-refractivity contribution is 0.627. The van der Waals surface area contributed by atoms with Gasteiger partial charge in [-0.1, -0.05) is 29.3 Å². The second kappa shape index (κ2) is 6.80. The number of halogens is 3. The molecule has 0 aliphatic heterocycles. The van der Waals surface area contributed by atoms with Gasteiger partial charge in [0.2, 0.25) is 0 Å². The minimum absolute atomic E-state index is 0.306. The molecule has 0 spiro atoms. The van der Waals surface area contributed by atoms with Gasteiger partial charge in [0.1, 0.15) is 11.6 Å². The quantitative estimate of drug-likeness (QED) is 0.690. The fourth-order valence-corrected chi connectivity index (χ4v) is 3.12. The summed E-state index contributed by atoms with van der Waals surface area (Å²) in [6.45, 7) is 2.11. The van der Waals surface area contributed by atoms with Crippen molar-refractivity contribution in [2.45, 2.75) is 19.8 Å². The standard InChI is InChI=1S/C14H14BrFIN3/c1-3-4-11-12(17)14(18-2)20-13(19-11)8-5-9(15)7-10(16)6-8/h5-7H,3-4H2,1-2H3,(H,18,19,20). The van der Waals surface area contributed by atoms with Gasteiger partial charge in [0.25, 0.3) is 0 Å². The summed E-state index contributed by atoms with van der Waals surface area (Å²) in [6.07, 6.45) is 1.88. The van der Waals surface area contributed by atoms with Crippen LogP contribution in [0.3, 0.4) is 0 Å². The normalized spacial score (nSPS) is 10.7. The van der Waals surface area contributed by atoms with E-state index in [1.807, 2.05) is 13.1 Å². The molecule has 0 radical (unpaired) electrons. The molecule has 0 amide bonds. The van der Waals surface area contributed by atoms with Gasteiger partial charge in [0, 0.05) is 17.1 Å². The first kappa shape index (κ1) is 15.6. The molecule has 0 aliphatic carbocycles. The van der Waals surface area contributed by atoms with E-state index in [1.54, 1.807) is 0 Å². The molecule has 0 saturated carbocycles. The fourth-order valence-electron chi connectivity index (χ4n) is 1.87. The van der Waals surface area contributed by atoms with Crippen LogP contribution in [0.15, 0.2) is 22.7 Å². The number of rotatable bonds is 4. The molecule has 1 aromatic carbocycles. The number of anilines is 1. The van der Waals surface area contributed by atoms with E-state index in [0.29, 0.717) is 15.9 Å². The number of aromatic nitrogens is 2. The molecular formula is C14H14BrFIN3. The summed E-state index contributed by atoms with van der Waals surface area (Å²) >= 11 is 5.54. The lowest BCUT2D eigenvalue weighted by Gasteiger charge is -2.11. The highest BCUT2D eigenvalue weighted by Gasteiger charge is 2.13. The summed E-state index contributed by atoms with van der Waals surface area (Å²) in [7, 11) is 1.82. The van der Waals surface area contributed by atoms with Crippen LogP contribution in [0.25, 0.3) is 11.4 Å². The maximum atomic E-state index is 13.5. The number of hydrogen-bond donors (Lipinski definition) is 1. The van der Waals surface area contributed by atoms with Crippen LogP contribution in [-0.2, 0) is 6.42 Å². The van der Waals surface area contributed by atoms with Crippen molar-refractivity contribution in [1.82, 2.24) is 9.97 Å². The van der Waals surface area contributed by atoms with Gasteiger partial charge in [-0.3, -0.25) is 0 Å². The third-order valence-electron chi connectivity index (χ3n) is 2.76. The Morgan fingerprint density at radius 2 is 2.05 bits per heavy atom. The zero-order valence-electron chi connectivity index (χ0n) is 11.2. The molecule has 6 heteroatoms. The Morgan fingerprint density at radius 1 is 1.30 bits per heavy atom. The fraction of sp³-hybridized carbons (Fsp3) is 0.286. The molecule has 1 heterocycles. The number of nitrogens with one attached hydrogen (secondary N) is 1. The monoisotopic (exact) mass is 449 g/mol. The van der Waals surface area contributed by atoms with E-state index in [2.05, 4.69) is 60.7 Å². The first-order valence-corrected chi connectivity index (χ1v) is 8.13. The molecule has 0 atom stereocenters. The van der Waals surface area contributed by atoms with Gasteiger partial charge in [-0.2, -0.15) is 0 Å². The minimum Gasteiger partial charge on any atom is -0.372 e. The Balaban J connectivity index is 2.58. The first-order chi connectivity index (χ1) is 9.55. The average molecular weight is 450 g/mol. The third kappa shape index (κ3) is 3.46. The van der Waals surface area contributed by atoms with E-state index in [-0.39, 0.29) is 5.82 Å². The second-order valence-electron chi connectivity index (χ2n) is 4.31. The van der Waals surface area contributed by atoms with Crippen LogP contribution >= 0.6 is 38.5 Å². The van der Waals surface area contributed by atoms with E-state index in [4.69, 9.17) is 0 Å². The van der Waals surface area contributed by atoms with Crippen LogP contribution in [0.4, 0.5) is 10.2 Å². The molecule has 0 unspecified atom stereocenters. The molecule has 1 N–H and O–H groups in total. The van der Waals surface area contributed by atoms with Crippen LogP contribution in [-0.4, -0.2) is 17.0 Å². The van der Waals surface area contributed by atoms with Crippen molar-refractivity contribution in [1.29, 1.82) is 0 Å². The zero-order chi connectivity index (χ0) is 14.7. The number of aryl methyl sites for hydroxylation is 1. The average Bonchev–Trinajstić information content (AvgIpc) is 2.40. The molecule has 3 nitrogen and oxygen atoms in total. The molecule has 0 saturated heterocycles. The van der Waals surface area contributed by atoms with E-state index < -0.39 is 0 Å². The lowest BCUT2D eigenvalue weighted by Crippen LogP contribution is -2.05. The number of benzene rings is 1. The highest BCUT2D eigenvalue weighted by atomic mass is 127. The predicted molar refractivity (Wildman–Crippen MR) is 91.4 cm³/mol. The van der Waals surface area contributed by atoms with Gasteiger partial charge in [0.05, 0.1) is 9.26 Å². The van der Waals surface area contributed by atoms with Gasteiger partial charge in [-0.05, 0) is 47.2 Å². The Morgan fingerprint density at radius 3 is 2.65 bits per heavy atom. The summed E-state index contributed by atoms with van der Waals surface area (Å²) in [5.74, 6) is 1.01. The Hall–Kier alpha value is -0.760. The summed E-state index contributed by atoms with van der Waals surface area (Å²) in [5.41, 5.74) is 1.66. The molecule has 1 aromatic heterocycles. The summed E-state index contributed by atoms with van der Waals surface area (Å²) in [6, 6.07) is 4.69. The molecule has 20 heavy (non-hydrogen) atoms. The van der Waals surface area contributed by atoms with Crippen LogP contribution in [0.1, 0.15) is 19.0 Å². The highest BCUT2D eigenvalue weighted by Crippen LogP contribution is 2.27. The van der Waals surface area contributed by atoms with Crippen molar-refractivity contribution >= 4 is 44.3 Å². The van der Waals surface area contributed by atoms with Gasteiger partial charge < -0.3 is 5.32 Å². The zero-order valence-corrected chi connectivity index (χ0v) is 14.9. The third-order valence-corrected chi connectivity index (χ3v) is 4.36. The largest absolute Gasteiger partial charge is 0.372 e. The maximum absolute atomic E-state index is 13.5. The number of nitrogens with zero attached hydrogens (tertiary/aromatic N) is 2. The summed E-state index contributed by atoms with van der Waals surface area (Å²) in [4.78, 5) is 9.05. The van der Waals surface area contributed by atoms with Crippen molar-refractivity contribution in [2.75, 3.05) is 12.4 Å². The maximum Gasteiger partial charge on any atom is 0.161 e. The van der Waals surface area contributed by atoms with Gasteiger partial charge in [-0.15, -0.1) is 0 Å². The molecule has 0 aliphatic rings. The van der Waals surface area contributed by atoms with Gasteiger partial charge >= 0.3 is 0 Å². The Bertz CT molecular complexity index is 614. The van der Waals surface area contributed by atoms with Crippen molar-refractivity contribution in [2.24, 2.45) is 0 Å². The van der Waals surface area contributed by atoms with Crippen LogP contribution in [0, 0.1) is 9.39 Å². The topological polar surface area (TPSA) is 37.8 Å². The van der Waals surface area contributed by atoms with E-state index in [9.17, 15) is 4.39 Å². The first-order valence-electron chi connectivity index (χ1n) is 6.25. The molecule has 0 bridgehead atoms. The molecular weight excluding hydrogens is 436 g/mol. The van der Waals surface area contributed by atoms with Crippen LogP contribution in [0.5, 0.6) is 0 Å². The molecule has 2 aromatic rings. The summed E-state index contributed by atoms with van der Waals surface area (Å²) in [5, 5.41) is 3.07. The Kier molecular flexibility index (Phi) is 5.31. The summed E-state index contributed by atoms with van der Waals surface area (Å²) < 4.78 is 15.2. The van der Waals surface area contributed by atoms with Crippen LogP contribution in [0.2, 0.25) is 0 Å². The predicted octanol–water partition coefficient (Wildman–Crippen LogP) is 4.64. The van der Waals surface area contributed by atoms with E-state index in [1.165, 1.54) is 12.1 Å². The van der Waals surface area contributed by atoms with Crippen molar-refractivity contribution < 1.29 is 4.39 Å². The van der Waals surface area contributed by atoms with E-state index in [0.717, 1.165) is 27.9 Å². The van der Waals surface area contributed by atoms with Crippen molar-refractivity contribution in [3.63, 3.8) is 0 Å². The molecule has 0 fully saturated rings. The van der Waals surface area contributed by atoms with Crippen molar-refractivity contribution in [3.8, 4) is 11.4 Å². The van der Waals surface area contributed by atoms with E-state index >= 15 is 0 Å². The van der Waals surface area contributed by atoms with Gasteiger partial charge in [0.15, 0.2) is 5.82 Å². The molecule has 106 valence electrons. The second-order valence-corrected chi connectivity index (χ2v) is 6.31. The molecule has 2 rings (SSSR count). The lowest BCUT2D eigenvalue weighted by atomic mass is 10.2. The van der Waals surface area contributed by atoms with Crippen LogP contribution < -0.4 is 5.32 Å². The minimum atomic E-state index is -0.306. The van der Waals surface area contributed by atoms with Gasteiger partial charge in [-0.25, -0.2) is 14.4 Å². The SMILES string of the molecule is CCCc1nc(-c2cc(F)cc(Br)c2)nc(NC)c1I. The smallest absolute Gasteiger partial charge is 0.161 e. The Labute approximate surface area is 139 Å². The highest BCUT2D eigenvalue weighted by molar-refractivity contribution is 14.1. The van der Waals surface area contributed by atoms with Crippen molar-refractivity contribution in [3.05, 3.63) is 37.8 Å².